The van der Waals surface area contributed by atoms with Crippen LogP contribution in [0.5, 0.6) is 6.01 Å². The molecular weight excluding hydrogens is 551 g/mol. The standard InChI is InChI=1S/C13H9Cl3N8O7S2/c1-31-13-23-10(16)22-12(24-13)18-5-3-6(32(25,26)27)4(2-7(5)33(28,29)30)17-11-20-8(14)19-9(15)21-11/h2-3H,1H3,(H,25,26,27)(H,28,29,30)(H,17,19,20,21)(H,18,22,23,24). The highest BCUT2D eigenvalue weighted by molar-refractivity contribution is 7.86. The Bertz CT molecular complexity index is 1440. The summed E-state index contributed by atoms with van der Waals surface area (Å²) in [4.78, 5) is 20.2. The molecule has 176 valence electrons. The molecule has 0 aliphatic heterocycles. The first-order valence-corrected chi connectivity index (χ1v) is 12.0. The van der Waals surface area contributed by atoms with Crippen molar-refractivity contribution in [1.82, 2.24) is 29.9 Å². The average molecular weight is 560 g/mol. The first-order valence-electron chi connectivity index (χ1n) is 7.96. The molecule has 3 aromatic rings. The van der Waals surface area contributed by atoms with Gasteiger partial charge in [0.05, 0.1) is 18.5 Å². The van der Waals surface area contributed by atoms with Crippen LogP contribution in [-0.2, 0) is 20.2 Å². The lowest BCUT2D eigenvalue weighted by atomic mass is 10.2. The van der Waals surface area contributed by atoms with Crippen LogP contribution in [0.1, 0.15) is 0 Å². The number of anilines is 4. The van der Waals surface area contributed by atoms with Crippen LogP contribution >= 0.6 is 34.8 Å². The molecule has 15 nitrogen and oxygen atoms in total. The predicted octanol–water partition coefficient (Wildman–Crippen LogP) is 2.01. The normalized spacial score (nSPS) is 11.8. The van der Waals surface area contributed by atoms with Crippen LogP contribution in [0.2, 0.25) is 15.9 Å². The molecule has 4 N–H and O–H groups in total. The smallest absolute Gasteiger partial charge is 0.322 e. The Labute approximate surface area is 200 Å². The maximum atomic E-state index is 12.0. The zero-order chi connectivity index (χ0) is 24.6. The van der Waals surface area contributed by atoms with E-state index in [-0.39, 0.29) is 27.8 Å². The number of aromatic nitrogens is 6. The van der Waals surface area contributed by atoms with Gasteiger partial charge in [-0.15, -0.1) is 0 Å². The van der Waals surface area contributed by atoms with Crippen molar-refractivity contribution in [3.63, 3.8) is 0 Å². The van der Waals surface area contributed by atoms with E-state index < -0.39 is 47.4 Å². The number of benzene rings is 1. The van der Waals surface area contributed by atoms with Crippen molar-refractivity contribution in [1.29, 1.82) is 0 Å². The van der Waals surface area contributed by atoms with E-state index in [1.807, 2.05) is 0 Å². The fourth-order valence-corrected chi connectivity index (χ4v) is 4.11. The lowest BCUT2D eigenvalue weighted by molar-refractivity contribution is 0.379. The third-order valence-electron chi connectivity index (χ3n) is 3.48. The molecule has 0 amide bonds. The fourth-order valence-electron chi connectivity index (χ4n) is 2.28. The summed E-state index contributed by atoms with van der Waals surface area (Å²) < 4.78 is 72.1. The summed E-state index contributed by atoms with van der Waals surface area (Å²) in [7, 11) is -8.77. The van der Waals surface area contributed by atoms with Crippen molar-refractivity contribution < 1.29 is 30.7 Å². The minimum absolute atomic E-state index is 0.261. The molecule has 0 spiro atoms. The van der Waals surface area contributed by atoms with Crippen molar-refractivity contribution >= 4 is 78.3 Å². The number of nitrogens with zero attached hydrogens (tertiary/aromatic N) is 6. The summed E-state index contributed by atoms with van der Waals surface area (Å²) in [5, 5.41) is 3.60. The molecule has 2 heterocycles. The van der Waals surface area contributed by atoms with E-state index in [0.29, 0.717) is 12.1 Å². The lowest BCUT2D eigenvalue weighted by Crippen LogP contribution is -2.11. The van der Waals surface area contributed by atoms with Crippen LogP contribution < -0.4 is 15.4 Å². The van der Waals surface area contributed by atoms with Crippen molar-refractivity contribution in [3.8, 4) is 6.01 Å². The Balaban J connectivity index is 2.21. The zero-order valence-corrected chi connectivity index (χ0v) is 19.6. The SMILES string of the molecule is COc1nc(Cl)nc(Nc2cc(S(=O)(=O)O)c(Nc3nc(Cl)nc(Cl)n3)cc2S(=O)(=O)O)n1. The first kappa shape index (κ1) is 25.0. The molecule has 0 saturated carbocycles. The maximum Gasteiger partial charge on any atom is 0.322 e. The quantitative estimate of drug-likeness (QED) is 0.304. The van der Waals surface area contributed by atoms with Crippen molar-refractivity contribution in [2.75, 3.05) is 17.7 Å². The Kier molecular flexibility index (Phi) is 7.03. The number of rotatable bonds is 7. The number of methoxy groups -OCH3 is 1. The Hall–Kier alpha value is -2.67. The molecule has 0 saturated heterocycles. The molecule has 0 fully saturated rings. The number of ether oxygens (including phenoxy) is 1. The monoisotopic (exact) mass is 558 g/mol. The van der Waals surface area contributed by atoms with Gasteiger partial charge in [-0.3, -0.25) is 9.11 Å². The van der Waals surface area contributed by atoms with E-state index in [9.17, 15) is 25.9 Å². The average Bonchev–Trinajstić information content (AvgIpc) is 2.65. The fraction of sp³-hybridized carbons (Fsp3) is 0.0769. The second-order valence-electron chi connectivity index (χ2n) is 5.66. The van der Waals surface area contributed by atoms with Gasteiger partial charge < -0.3 is 15.4 Å². The summed E-state index contributed by atoms with van der Waals surface area (Å²) in [6.07, 6.45) is 0. The number of hydrogen-bond donors (Lipinski definition) is 4. The van der Waals surface area contributed by atoms with Gasteiger partial charge in [-0.05, 0) is 46.9 Å². The van der Waals surface area contributed by atoms with E-state index in [1.54, 1.807) is 0 Å². The summed E-state index contributed by atoms with van der Waals surface area (Å²) >= 11 is 17.1. The van der Waals surface area contributed by atoms with E-state index in [1.165, 1.54) is 7.11 Å². The van der Waals surface area contributed by atoms with Crippen LogP contribution in [0.4, 0.5) is 23.3 Å². The van der Waals surface area contributed by atoms with Gasteiger partial charge in [0.25, 0.3) is 20.2 Å². The van der Waals surface area contributed by atoms with Crippen LogP contribution in [0.3, 0.4) is 0 Å². The Morgan fingerprint density at radius 2 is 1.12 bits per heavy atom. The van der Waals surface area contributed by atoms with Crippen LogP contribution in [0, 0.1) is 0 Å². The molecule has 0 atom stereocenters. The molecule has 0 aliphatic rings. The number of nitrogens with one attached hydrogen (secondary N) is 2. The third-order valence-corrected chi connectivity index (χ3v) is 5.78. The predicted molar refractivity (Wildman–Crippen MR) is 114 cm³/mol. The third kappa shape index (κ3) is 6.22. The Morgan fingerprint density at radius 1 is 0.727 bits per heavy atom. The van der Waals surface area contributed by atoms with Gasteiger partial charge in [-0.2, -0.15) is 46.7 Å². The topological polar surface area (TPSA) is 219 Å². The van der Waals surface area contributed by atoms with Gasteiger partial charge >= 0.3 is 6.01 Å². The molecular formula is C13H9Cl3N8O7S2. The zero-order valence-electron chi connectivity index (χ0n) is 15.7. The molecule has 0 unspecified atom stereocenters. The second kappa shape index (κ2) is 9.29. The van der Waals surface area contributed by atoms with Crippen molar-refractivity contribution in [3.05, 3.63) is 28.0 Å². The first-order chi connectivity index (χ1) is 15.3. The highest BCUT2D eigenvalue weighted by Gasteiger charge is 2.26. The van der Waals surface area contributed by atoms with Crippen LogP contribution in [0.25, 0.3) is 0 Å². The lowest BCUT2D eigenvalue weighted by Gasteiger charge is -2.15. The highest BCUT2D eigenvalue weighted by atomic mass is 35.5. The van der Waals surface area contributed by atoms with Crippen LogP contribution in [-0.4, -0.2) is 63.0 Å². The molecule has 0 bridgehead atoms. The summed E-state index contributed by atoms with van der Waals surface area (Å²) in [6, 6.07) is 1.06. The van der Waals surface area contributed by atoms with E-state index in [2.05, 4.69) is 40.5 Å². The van der Waals surface area contributed by atoms with Gasteiger partial charge in [0.1, 0.15) is 9.79 Å². The van der Waals surface area contributed by atoms with Gasteiger partial charge in [0, 0.05) is 0 Å². The highest BCUT2D eigenvalue weighted by Crippen LogP contribution is 2.34. The molecule has 1 aromatic carbocycles. The minimum atomic E-state index is -4.99. The van der Waals surface area contributed by atoms with Gasteiger partial charge in [0.15, 0.2) is 0 Å². The summed E-state index contributed by atoms with van der Waals surface area (Å²) in [5.41, 5.74) is -1.13. The van der Waals surface area contributed by atoms with Gasteiger partial charge in [-0.25, -0.2) is 0 Å². The Morgan fingerprint density at radius 3 is 1.52 bits per heavy atom. The van der Waals surface area contributed by atoms with Crippen molar-refractivity contribution in [2.24, 2.45) is 0 Å². The van der Waals surface area contributed by atoms with Crippen molar-refractivity contribution in [2.45, 2.75) is 9.79 Å². The molecule has 20 heteroatoms. The number of hydrogen-bond acceptors (Lipinski definition) is 13. The molecule has 3 rings (SSSR count). The van der Waals surface area contributed by atoms with Gasteiger partial charge in [-0.1, -0.05) is 0 Å². The van der Waals surface area contributed by atoms with E-state index in [0.717, 1.165) is 0 Å². The summed E-state index contributed by atoms with van der Waals surface area (Å²) in [6.45, 7) is 0. The molecule has 0 aliphatic carbocycles. The number of halogens is 3. The maximum absolute atomic E-state index is 12.0. The second-order valence-corrected chi connectivity index (χ2v) is 9.45. The van der Waals surface area contributed by atoms with Gasteiger partial charge in [0.2, 0.25) is 27.7 Å². The van der Waals surface area contributed by atoms with Crippen LogP contribution in [0.15, 0.2) is 21.9 Å². The molecule has 2 aromatic heterocycles. The van der Waals surface area contributed by atoms with E-state index in [4.69, 9.17) is 39.5 Å². The largest absolute Gasteiger partial charge is 0.467 e. The molecule has 33 heavy (non-hydrogen) atoms. The molecule has 0 radical (unpaired) electrons. The summed E-state index contributed by atoms with van der Waals surface area (Å²) in [5.74, 6) is -0.782. The minimum Gasteiger partial charge on any atom is -0.467 e. The van der Waals surface area contributed by atoms with E-state index >= 15 is 0 Å².